The number of aliphatic hydroxyl groups is 1. The Kier molecular flexibility index (Phi) is 4.66. The molecular weight excluding hydrogens is 378 g/mol. The Morgan fingerprint density at radius 2 is 1.63 bits per heavy atom. The first-order valence-corrected chi connectivity index (χ1v) is 9.55. The fourth-order valence-electron chi connectivity index (χ4n) is 3.35. The van der Waals surface area contributed by atoms with Crippen molar-refractivity contribution >= 4 is 17.0 Å². The second kappa shape index (κ2) is 7.76. The highest BCUT2D eigenvalue weighted by molar-refractivity contribution is 5.80. The highest BCUT2D eigenvalue weighted by Crippen LogP contribution is 2.28. The van der Waals surface area contributed by atoms with Crippen molar-refractivity contribution in [3.8, 4) is 22.3 Å². The summed E-state index contributed by atoms with van der Waals surface area (Å²) in [4.78, 5) is 8.43. The topological polar surface area (TPSA) is 93.2 Å². The van der Waals surface area contributed by atoms with Crippen LogP contribution in [0.5, 0.6) is 0 Å². The van der Waals surface area contributed by atoms with Crippen molar-refractivity contribution < 1.29 is 5.11 Å². The summed E-state index contributed by atoms with van der Waals surface area (Å²) < 4.78 is 3.55. The van der Waals surface area contributed by atoms with Gasteiger partial charge >= 0.3 is 0 Å². The van der Waals surface area contributed by atoms with Gasteiger partial charge in [-0.2, -0.15) is 10.2 Å². The van der Waals surface area contributed by atoms with Gasteiger partial charge in [0.25, 0.3) is 0 Å². The standard InChI is InChI=1S/C22H19N7O/c30-10-9-28-13-19(12-25-28)17-3-1-16(2-4-17)18-11-21-22(24-15-26-29(21)14-18)27-20-5-7-23-8-6-20/h1-8,11-15,30H,9-10H2,(H,23,24,26,27). The van der Waals surface area contributed by atoms with Crippen LogP contribution in [0.4, 0.5) is 11.5 Å². The van der Waals surface area contributed by atoms with Gasteiger partial charge in [0.05, 0.1) is 19.3 Å². The summed E-state index contributed by atoms with van der Waals surface area (Å²) in [6.45, 7) is 0.565. The van der Waals surface area contributed by atoms with Crippen molar-refractivity contribution in [3.63, 3.8) is 0 Å². The lowest BCUT2D eigenvalue weighted by Gasteiger charge is -2.05. The van der Waals surface area contributed by atoms with Crippen molar-refractivity contribution in [2.24, 2.45) is 0 Å². The van der Waals surface area contributed by atoms with Crippen LogP contribution in [0.3, 0.4) is 0 Å². The van der Waals surface area contributed by atoms with E-state index in [9.17, 15) is 0 Å². The van der Waals surface area contributed by atoms with E-state index in [-0.39, 0.29) is 6.61 Å². The Morgan fingerprint density at radius 1 is 0.867 bits per heavy atom. The molecule has 0 saturated carbocycles. The lowest BCUT2D eigenvalue weighted by Crippen LogP contribution is -2.01. The molecule has 0 fully saturated rings. The third-order valence-corrected chi connectivity index (χ3v) is 4.86. The average molecular weight is 397 g/mol. The minimum absolute atomic E-state index is 0.0726. The highest BCUT2D eigenvalue weighted by atomic mass is 16.3. The summed E-state index contributed by atoms with van der Waals surface area (Å²) in [6, 6.07) is 14.2. The molecule has 8 heteroatoms. The summed E-state index contributed by atoms with van der Waals surface area (Å²) in [7, 11) is 0. The van der Waals surface area contributed by atoms with Gasteiger partial charge in [0.1, 0.15) is 11.8 Å². The number of anilines is 2. The molecule has 0 aliphatic rings. The van der Waals surface area contributed by atoms with E-state index in [1.54, 1.807) is 17.1 Å². The monoisotopic (exact) mass is 397 g/mol. The molecule has 30 heavy (non-hydrogen) atoms. The van der Waals surface area contributed by atoms with Crippen molar-refractivity contribution in [1.29, 1.82) is 0 Å². The van der Waals surface area contributed by atoms with Gasteiger partial charge in [-0.3, -0.25) is 9.67 Å². The van der Waals surface area contributed by atoms with Crippen molar-refractivity contribution in [2.75, 3.05) is 11.9 Å². The Labute approximate surface area is 172 Å². The molecular formula is C22H19N7O. The van der Waals surface area contributed by atoms with Crippen LogP contribution in [0.2, 0.25) is 0 Å². The number of pyridine rings is 1. The number of rotatable bonds is 6. The van der Waals surface area contributed by atoms with E-state index in [2.05, 4.69) is 55.8 Å². The second-order valence-electron chi connectivity index (χ2n) is 6.82. The van der Waals surface area contributed by atoms with Gasteiger partial charge in [-0.1, -0.05) is 24.3 Å². The Balaban J connectivity index is 1.44. The van der Waals surface area contributed by atoms with E-state index < -0.39 is 0 Å². The smallest absolute Gasteiger partial charge is 0.158 e. The molecule has 5 aromatic rings. The van der Waals surface area contributed by atoms with E-state index in [4.69, 9.17) is 5.11 Å². The Bertz CT molecular complexity index is 1280. The molecule has 0 spiro atoms. The van der Waals surface area contributed by atoms with Crippen LogP contribution >= 0.6 is 0 Å². The van der Waals surface area contributed by atoms with Crippen LogP contribution in [0, 0.1) is 0 Å². The Hall–Kier alpha value is -4.04. The first-order valence-electron chi connectivity index (χ1n) is 9.55. The van der Waals surface area contributed by atoms with Crippen LogP contribution in [0.1, 0.15) is 0 Å². The molecule has 4 aromatic heterocycles. The second-order valence-corrected chi connectivity index (χ2v) is 6.82. The Morgan fingerprint density at radius 3 is 2.40 bits per heavy atom. The fraction of sp³-hybridized carbons (Fsp3) is 0.0909. The summed E-state index contributed by atoms with van der Waals surface area (Å²) in [5, 5.41) is 21.0. The maximum atomic E-state index is 9.04. The molecule has 1 aromatic carbocycles. The predicted octanol–water partition coefficient (Wildman–Crippen LogP) is 3.39. The van der Waals surface area contributed by atoms with Crippen LogP contribution in [-0.4, -0.2) is 41.1 Å². The number of nitrogens with zero attached hydrogens (tertiary/aromatic N) is 6. The van der Waals surface area contributed by atoms with E-state index in [0.717, 1.165) is 39.3 Å². The average Bonchev–Trinajstić information content (AvgIpc) is 3.43. The van der Waals surface area contributed by atoms with E-state index in [1.165, 1.54) is 6.33 Å². The van der Waals surface area contributed by atoms with Gasteiger partial charge in [-0.05, 0) is 29.3 Å². The van der Waals surface area contributed by atoms with Crippen LogP contribution in [0.15, 0.2) is 79.8 Å². The lowest BCUT2D eigenvalue weighted by molar-refractivity contribution is 0.269. The molecule has 0 unspecified atom stereocenters. The number of aromatic nitrogens is 6. The third kappa shape index (κ3) is 3.51. The number of fused-ring (bicyclic) bond motifs is 1. The minimum Gasteiger partial charge on any atom is -0.394 e. The van der Waals surface area contributed by atoms with E-state index in [1.807, 2.05) is 35.2 Å². The van der Waals surface area contributed by atoms with Crippen LogP contribution < -0.4 is 5.32 Å². The SMILES string of the molecule is OCCn1cc(-c2ccc(-c3cc4c(Nc5ccncc5)ncnn4c3)cc2)cn1. The molecule has 0 bridgehead atoms. The quantitative estimate of drug-likeness (QED) is 0.456. The molecule has 0 radical (unpaired) electrons. The number of benzene rings is 1. The molecule has 0 aliphatic carbocycles. The maximum absolute atomic E-state index is 9.04. The maximum Gasteiger partial charge on any atom is 0.158 e. The van der Waals surface area contributed by atoms with Gasteiger partial charge in [0.2, 0.25) is 0 Å². The molecule has 4 heterocycles. The summed E-state index contributed by atoms with van der Waals surface area (Å²) in [5.41, 5.74) is 6.04. The number of nitrogens with one attached hydrogen (secondary N) is 1. The first-order chi connectivity index (χ1) is 14.8. The van der Waals surface area contributed by atoms with Gasteiger partial charge in [0, 0.05) is 41.6 Å². The van der Waals surface area contributed by atoms with Gasteiger partial charge in [-0.25, -0.2) is 9.50 Å². The van der Waals surface area contributed by atoms with E-state index >= 15 is 0 Å². The predicted molar refractivity (Wildman–Crippen MR) is 114 cm³/mol. The zero-order valence-corrected chi connectivity index (χ0v) is 16.1. The number of aliphatic hydroxyl groups excluding tert-OH is 1. The zero-order valence-electron chi connectivity index (χ0n) is 16.1. The van der Waals surface area contributed by atoms with Crippen LogP contribution in [0.25, 0.3) is 27.8 Å². The largest absolute Gasteiger partial charge is 0.394 e. The first kappa shape index (κ1) is 18.0. The summed E-state index contributed by atoms with van der Waals surface area (Å²) in [6.07, 6.45) is 10.7. The summed E-state index contributed by atoms with van der Waals surface area (Å²) >= 11 is 0. The molecule has 0 saturated heterocycles. The number of hydrogen-bond acceptors (Lipinski definition) is 6. The molecule has 0 aliphatic heterocycles. The van der Waals surface area contributed by atoms with Gasteiger partial charge in [-0.15, -0.1) is 0 Å². The third-order valence-electron chi connectivity index (χ3n) is 4.86. The molecule has 148 valence electrons. The van der Waals surface area contributed by atoms with Gasteiger partial charge in [0.15, 0.2) is 5.82 Å². The normalized spacial score (nSPS) is 11.1. The minimum atomic E-state index is 0.0726. The lowest BCUT2D eigenvalue weighted by atomic mass is 10.0. The number of hydrogen-bond donors (Lipinski definition) is 2. The molecule has 0 amide bonds. The van der Waals surface area contributed by atoms with Crippen molar-refractivity contribution in [1.82, 2.24) is 29.4 Å². The van der Waals surface area contributed by atoms with Crippen molar-refractivity contribution in [3.05, 3.63) is 79.8 Å². The van der Waals surface area contributed by atoms with Crippen LogP contribution in [-0.2, 0) is 6.54 Å². The van der Waals surface area contributed by atoms with Crippen molar-refractivity contribution in [2.45, 2.75) is 6.54 Å². The van der Waals surface area contributed by atoms with Gasteiger partial charge < -0.3 is 10.4 Å². The summed E-state index contributed by atoms with van der Waals surface area (Å²) in [5.74, 6) is 0.732. The zero-order chi connectivity index (χ0) is 20.3. The molecule has 2 N–H and O–H groups in total. The van der Waals surface area contributed by atoms with E-state index in [0.29, 0.717) is 6.54 Å². The highest BCUT2D eigenvalue weighted by Gasteiger charge is 2.09. The molecule has 8 nitrogen and oxygen atoms in total. The molecule has 0 atom stereocenters. The fourth-order valence-corrected chi connectivity index (χ4v) is 3.35. The molecule has 5 rings (SSSR count).